The summed E-state index contributed by atoms with van der Waals surface area (Å²) in [5.41, 5.74) is 1.73. The number of aromatic nitrogens is 4. The average molecular weight is 313 g/mol. The van der Waals surface area contributed by atoms with Crippen molar-refractivity contribution in [1.82, 2.24) is 19.7 Å². The van der Waals surface area contributed by atoms with Gasteiger partial charge in [0.2, 0.25) is 5.13 Å². The van der Waals surface area contributed by atoms with Crippen LogP contribution >= 0.6 is 34.5 Å². The lowest BCUT2D eigenvalue weighted by Crippen LogP contribution is -2.22. The standard InChI is InChI=1S/C11H6Cl2N4OS/c1-5-15-9-7(2-6(12)3-8(9)13)10(18)17(5)11-16-14-4-19-11/h2-4H,1H3. The molecule has 0 amide bonds. The third-order valence-corrected chi connectivity index (χ3v) is 3.78. The van der Waals surface area contributed by atoms with Crippen LogP contribution in [0.2, 0.25) is 10.0 Å². The molecular formula is C11H6Cl2N4OS. The first-order valence-electron chi connectivity index (χ1n) is 5.23. The number of benzene rings is 1. The normalized spacial score (nSPS) is 11.1. The van der Waals surface area contributed by atoms with Gasteiger partial charge in [0.25, 0.3) is 5.56 Å². The van der Waals surface area contributed by atoms with Gasteiger partial charge in [-0.05, 0) is 19.1 Å². The number of hydrogen-bond acceptors (Lipinski definition) is 5. The van der Waals surface area contributed by atoms with Crippen LogP contribution < -0.4 is 5.56 Å². The zero-order chi connectivity index (χ0) is 13.6. The Hall–Kier alpha value is -1.50. The summed E-state index contributed by atoms with van der Waals surface area (Å²) >= 11 is 13.2. The van der Waals surface area contributed by atoms with Crippen LogP contribution in [0.3, 0.4) is 0 Å². The van der Waals surface area contributed by atoms with Gasteiger partial charge in [-0.15, -0.1) is 10.2 Å². The van der Waals surface area contributed by atoms with Crippen LogP contribution in [0.15, 0.2) is 22.4 Å². The molecule has 3 rings (SSSR count). The summed E-state index contributed by atoms with van der Waals surface area (Å²) in [7, 11) is 0. The van der Waals surface area contributed by atoms with E-state index < -0.39 is 0 Å². The van der Waals surface area contributed by atoms with E-state index in [-0.39, 0.29) is 5.56 Å². The monoisotopic (exact) mass is 312 g/mol. The summed E-state index contributed by atoms with van der Waals surface area (Å²) in [5.74, 6) is 0.499. The Morgan fingerprint density at radius 1 is 1.32 bits per heavy atom. The van der Waals surface area contributed by atoms with Gasteiger partial charge in [0, 0.05) is 5.02 Å². The van der Waals surface area contributed by atoms with Crippen LogP contribution in [0.4, 0.5) is 0 Å². The maximum atomic E-state index is 12.5. The van der Waals surface area contributed by atoms with E-state index >= 15 is 0 Å². The summed E-state index contributed by atoms with van der Waals surface area (Å²) in [6.45, 7) is 1.72. The Balaban J connectivity index is 2.47. The van der Waals surface area contributed by atoms with E-state index in [1.54, 1.807) is 24.6 Å². The van der Waals surface area contributed by atoms with Crippen LogP contribution in [-0.4, -0.2) is 19.7 Å². The SMILES string of the molecule is Cc1nc2c(Cl)cc(Cl)cc2c(=O)n1-c1nncs1. The second-order valence-electron chi connectivity index (χ2n) is 3.80. The van der Waals surface area contributed by atoms with E-state index in [0.29, 0.717) is 31.9 Å². The van der Waals surface area contributed by atoms with E-state index in [1.807, 2.05) is 0 Å². The molecule has 3 aromatic rings. The Bertz CT molecular complexity index is 829. The van der Waals surface area contributed by atoms with Gasteiger partial charge < -0.3 is 0 Å². The van der Waals surface area contributed by atoms with Gasteiger partial charge in [-0.25, -0.2) is 9.55 Å². The summed E-state index contributed by atoms with van der Waals surface area (Å²) in [4.78, 5) is 16.8. The first-order chi connectivity index (χ1) is 9.08. The molecule has 0 saturated heterocycles. The fourth-order valence-corrected chi connectivity index (χ4v) is 2.95. The van der Waals surface area contributed by atoms with Crippen molar-refractivity contribution in [2.24, 2.45) is 0 Å². The lowest BCUT2D eigenvalue weighted by Gasteiger charge is -2.08. The summed E-state index contributed by atoms with van der Waals surface area (Å²) < 4.78 is 1.40. The first-order valence-corrected chi connectivity index (χ1v) is 6.86. The molecule has 2 aromatic heterocycles. The molecule has 96 valence electrons. The van der Waals surface area contributed by atoms with Crippen molar-refractivity contribution in [2.75, 3.05) is 0 Å². The van der Waals surface area contributed by atoms with Gasteiger partial charge in [0.05, 0.1) is 15.9 Å². The lowest BCUT2D eigenvalue weighted by atomic mass is 10.2. The smallest absolute Gasteiger partial charge is 0.267 e. The minimum Gasteiger partial charge on any atom is -0.268 e. The van der Waals surface area contributed by atoms with Gasteiger partial charge in [-0.3, -0.25) is 4.79 Å². The van der Waals surface area contributed by atoms with Crippen molar-refractivity contribution in [3.8, 4) is 5.13 Å². The molecule has 19 heavy (non-hydrogen) atoms. The van der Waals surface area contributed by atoms with E-state index in [1.165, 1.54) is 15.9 Å². The van der Waals surface area contributed by atoms with Crippen molar-refractivity contribution in [3.05, 3.63) is 43.9 Å². The number of fused-ring (bicyclic) bond motifs is 1. The average Bonchev–Trinajstić information content (AvgIpc) is 2.85. The first kappa shape index (κ1) is 12.5. The van der Waals surface area contributed by atoms with Crippen LogP contribution in [0.5, 0.6) is 0 Å². The molecule has 0 unspecified atom stereocenters. The molecule has 1 aromatic carbocycles. The predicted octanol–water partition coefficient (Wildman–Crippen LogP) is 2.85. The molecule has 0 atom stereocenters. The quantitative estimate of drug-likeness (QED) is 0.693. The van der Waals surface area contributed by atoms with E-state index in [0.717, 1.165) is 0 Å². The third kappa shape index (κ3) is 2.01. The number of halogens is 2. The van der Waals surface area contributed by atoms with Crippen molar-refractivity contribution in [3.63, 3.8) is 0 Å². The minimum absolute atomic E-state index is 0.261. The van der Waals surface area contributed by atoms with Gasteiger partial charge in [0.1, 0.15) is 11.3 Å². The maximum Gasteiger partial charge on any atom is 0.267 e. The zero-order valence-electron chi connectivity index (χ0n) is 9.59. The molecule has 0 radical (unpaired) electrons. The van der Waals surface area contributed by atoms with E-state index in [9.17, 15) is 4.79 Å². The van der Waals surface area contributed by atoms with Crippen LogP contribution in [-0.2, 0) is 0 Å². The fraction of sp³-hybridized carbons (Fsp3) is 0.0909. The zero-order valence-corrected chi connectivity index (χ0v) is 11.9. The highest BCUT2D eigenvalue weighted by Gasteiger charge is 2.14. The highest BCUT2D eigenvalue weighted by atomic mass is 35.5. The van der Waals surface area contributed by atoms with Crippen molar-refractivity contribution in [1.29, 1.82) is 0 Å². The third-order valence-electron chi connectivity index (χ3n) is 2.60. The van der Waals surface area contributed by atoms with Crippen molar-refractivity contribution >= 4 is 45.4 Å². The molecule has 8 heteroatoms. The number of rotatable bonds is 1. The van der Waals surface area contributed by atoms with Crippen molar-refractivity contribution in [2.45, 2.75) is 6.92 Å². The number of hydrogen-bond donors (Lipinski definition) is 0. The molecule has 0 spiro atoms. The Morgan fingerprint density at radius 2 is 2.11 bits per heavy atom. The second kappa shape index (κ2) is 4.56. The van der Waals surface area contributed by atoms with E-state index in [2.05, 4.69) is 15.2 Å². The molecule has 0 fully saturated rings. The summed E-state index contributed by atoms with van der Waals surface area (Å²) in [6, 6.07) is 3.11. The van der Waals surface area contributed by atoms with Crippen LogP contribution in [0.25, 0.3) is 16.0 Å². The second-order valence-corrected chi connectivity index (χ2v) is 5.46. The molecule has 2 heterocycles. The number of nitrogens with zero attached hydrogens (tertiary/aromatic N) is 4. The lowest BCUT2D eigenvalue weighted by molar-refractivity contribution is 0.862. The maximum absolute atomic E-state index is 12.5. The van der Waals surface area contributed by atoms with Crippen LogP contribution in [0.1, 0.15) is 5.82 Å². The van der Waals surface area contributed by atoms with E-state index in [4.69, 9.17) is 23.2 Å². The Labute approximate surface area is 121 Å². The Kier molecular flexibility index (Phi) is 3.00. The fourth-order valence-electron chi connectivity index (χ4n) is 1.81. The predicted molar refractivity (Wildman–Crippen MR) is 75.6 cm³/mol. The molecule has 0 aliphatic rings. The minimum atomic E-state index is -0.261. The highest BCUT2D eigenvalue weighted by molar-refractivity contribution is 7.11. The van der Waals surface area contributed by atoms with Gasteiger partial charge >= 0.3 is 0 Å². The molecule has 0 N–H and O–H groups in total. The number of aryl methyl sites for hydroxylation is 1. The summed E-state index contributed by atoms with van der Waals surface area (Å²) in [6.07, 6.45) is 0. The van der Waals surface area contributed by atoms with Gasteiger partial charge in [0.15, 0.2) is 0 Å². The molecule has 0 bridgehead atoms. The molecular weight excluding hydrogens is 307 g/mol. The molecule has 5 nitrogen and oxygen atoms in total. The summed E-state index contributed by atoms with van der Waals surface area (Å²) in [5, 5.41) is 9.18. The molecule has 0 aliphatic heterocycles. The van der Waals surface area contributed by atoms with Crippen LogP contribution in [0, 0.1) is 6.92 Å². The molecule has 0 saturated carbocycles. The molecule has 0 aliphatic carbocycles. The topological polar surface area (TPSA) is 60.7 Å². The van der Waals surface area contributed by atoms with Gasteiger partial charge in [-0.1, -0.05) is 34.5 Å². The van der Waals surface area contributed by atoms with Crippen molar-refractivity contribution < 1.29 is 0 Å². The van der Waals surface area contributed by atoms with Gasteiger partial charge in [-0.2, -0.15) is 0 Å². The largest absolute Gasteiger partial charge is 0.268 e. The highest BCUT2D eigenvalue weighted by Crippen LogP contribution is 2.25. The Morgan fingerprint density at radius 3 is 2.79 bits per heavy atom.